The molecule has 0 spiro atoms. The lowest BCUT2D eigenvalue weighted by Gasteiger charge is -2.10. The van der Waals surface area contributed by atoms with Gasteiger partial charge in [-0.05, 0) is 31.7 Å². The Bertz CT molecular complexity index is 84.9. The summed E-state index contributed by atoms with van der Waals surface area (Å²) in [5.41, 5.74) is 5.58. The molecule has 0 fully saturated rings. The van der Waals surface area contributed by atoms with Crippen LogP contribution >= 0.6 is 0 Å². The molecule has 1 unspecified atom stereocenters. The van der Waals surface area contributed by atoms with Gasteiger partial charge in [0.15, 0.2) is 0 Å². The second-order valence-electron chi connectivity index (χ2n) is 3.08. The molecule has 0 radical (unpaired) electrons. The fourth-order valence-corrected chi connectivity index (χ4v) is 1.21. The Hall–Kier alpha value is -0.300. The van der Waals surface area contributed by atoms with E-state index in [2.05, 4.69) is 13.5 Å². The maximum Gasteiger partial charge on any atom is -0.00490 e. The lowest BCUT2D eigenvalue weighted by molar-refractivity contribution is 0.457. The van der Waals surface area contributed by atoms with Crippen molar-refractivity contribution in [2.45, 2.75) is 39.0 Å². The minimum absolute atomic E-state index is 0.750. The maximum atomic E-state index is 5.58. The lowest BCUT2D eigenvalue weighted by Crippen LogP contribution is -2.12. The number of unbranched alkanes of at least 4 members (excludes halogenated alkanes) is 2. The number of allylic oxidation sites excluding steroid dienone is 1. The molecule has 0 aromatic carbocycles. The van der Waals surface area contributed by atoms with Crippen molar-refractivity contribution < 1.29 is 0 Å². The largest absolute Gasteiger partial charge is 0.330 e. The van der Waals surface area contributed by atoms with Crippen molar-refractivity contribution in [2.75, 3.05) is 6.54 Å². The molecule has 0 heterocycles. The summed E-state index contributed by atoms with van der Waals surface area (Å²) in [5.74, 6) is 0.750. The van der Waals surface area contributed by atoms with Crippen molar-refractivity contribution >= 4 is 0 Å². The molecule has 0 saturated heterocycles. The third-order valence-electron chi connectivity index (χ3n) is 2.18. The third kappa shape index (κ3) is 6.11. The number of hydrogen-bond donors (Lipinski definition) is 1. The van der Waals surface area contributed by atoms with E-state index in [4.69, 9.17) is 5.73 Å². The number of nitrogens with two attached hydrogens (primary N) is 1. The van der Waals surface area contributed by atoms with E-state index in [0.717, 1.165) is 18.9 Å². The monoisotopic (exact) mass is 155 g/mol. The Morgan fingerprint density at radius 2 is 2.18 bits per heavy atom. The molecule has 0 aliphatic carbocycles. The molecule has 11 heavy (non-hydrogen) atoms. The number of rotatable bonds is 7. The summed E-state index contributed by atoms with van der Waals surface area (Å²) in [6, 6.07) is 0. The predicted molar refractivity (Wildman–Crippen MR) is 51.5 cm³/mol. The molecule has 0 saturated carbocycles. The van der Waals surface area contributed by atoms with Crippen molar-refractivity contribution in [1.82, 2.24) is 0 Å². The van der Waals surface area contributed by atoms with Gasteiger partial charge in [-0.25, -0.2) is 0 Å². The SMILES string of the molecule is C=CCCCCC(CC)CN. The van der Waals surface area contributed by atoms with E-state index in [9.17, 15) is 0 Å². The van der Waals surface area contributed by atoms with Crippen LogP contribution in [0.15, 0.2) is 12.7 Å². The zero-order chi connectivity index (χ0) is 8.53. The topological polar surface area (TPSA) is 26.0 Å². The lowest BCUT2D eigenvalue weighted by atomic mass is 9.99. The molecule has 2 N–H and O–H groups in total. The van der Waals surface area contributed by atoms with Crippen LogP contribution in [0.4, 0.5) is 0 Å². The Morgan fingerprint density at radius 3 is 2.64 bits per heavy atom. The Kier molecular flexibility index (Phi) is 7.59. The Morgan fingerprint density at radius 1 is 1.45 bits per heavy atom. The molecule has 1 heteroatoms. The van der Waals surface area contributed by atoms with Gasteiger partial charge in [-0.1, -0.05) is 25.8 Å². The average molecular weight is 155 g/mol. The highest BCUT2D eigenvalue weighted by atomic mass is 14.5. The van der Waals surface area contributed by atoms with Gasteiger partial charge < -0.3 is 5.73 Å². The quantitative estimate of drug-likeness (QED) is 0.444. The van der Waals surface area contributed by atoms with Crippen LogP contribution in [0.3, 0.4) is 0 Å². The average Bonchev–Trinajstić information content (AvgIpc) is 2.05. The molecule has 1 atom stereocenters. The third-order valence-corrected chi connectivity index (χ3v) is 2.18. The van der Waals surface area contributed by atoms with Crippen molar-refractivity contribution in [2.24, 2.45) is 11.7 Å². The summed E-state index contributed by atoms with van der Waals surface area (Å²) >= 11 is 0. The predicted octanol–water partition coefficient (Wildman–Crippen LogP) is 2.72. The van der Waals surface area contributed by atoms with E-state index in [-0.39, 0.29) is 0 Å². The molecule has 1 nitrogen and oxygen atoms in total. The highest BCUT2D eigenvalue weighted by Gasteiger charge is 2.01. The van der Waals surface area contributed by atoms with Crippen LogP contribution < -0.4 is 5.73 Å². The van der Waals surface area contributed by atoms with Crippen molar-refractivity contribution in [3.8, 4) is 0 Å². The second kappa shape index (κ2) is 7.80. The first-order valence-corrected chi connectivity index (χ1v) is 4.66. The molecule has 0 amide bonds. The highest BCUT2D eigenvalue weighted by Crippen LogP contribution is 2.11. The molecule has 0 bridgehead atoms. The van der Waals surface area contributed by atoms with E-state index in [0.29, 0.717) is 0 Å². The van der Waals surface area contributed by atoms with E-state index >= 15 is 0 Å². The summed E-state index contributed by atoms with van der Waals surface area (Å²) in [7, 11) is 0. The molecular weight excluding hydrogens is 134 g/mol. The summed E-state index contributed by atoms with van der Waals surface area (Å²) in [6.45, 7) is 6.76. The first-order valence-electron chi connectivity index (χ1n) is 4.66. The van der Waals surface area contributed by atoms with Crippen LogP contribution in [-0.4, -0.2) is 6.54 Å². The van der Waals surface area contributed by atoms with E-state index in [1.807, 2.05) is 6.08 Å². The van der Waals surface area contributed by atoms with Crippen LogP contribution in [-0.2, 0) is 0 Å². The van der Waals surface area contributed by atoms with Gasteiger partial charge in [-0.15, -0.1) is 6.58 Å². The molecule has 0 aliphatic heterocycles. The van der Waals surface area contributed by atoms with Gasteiger partial charge in [0.05, 0.1) is 0 Å². The Labute approximate surface area is 70.7 Å². The van der Waals surface area contributed by atoms with E-state index in [1.165, 1.54) is 25.7 Å². The minimum atomic E-state index is 0.750. The van der Waals surface area contributed by atoms with Crippen LogP contribution in [0.1, 0.15) is 39.0 Å². The summed E-state index contributed by atoms with van der Waals surface area (Å²) < 4.78 is 0. The smallest absolute Gasteiger partial charge is 0.00490 e. The molecule has 66 valence electrons. The summed E-state index contributed by atoms with van der Waals surface area (Å²) in [6.07, 6.45) is 8.25. The molecular formula is C10H21N. The van der Waals surface area contributed by atoms with Gasteiger partial charge >= 0.3 is 0 Å². The second-order valence-corrected chi connectivity index (χ2v) is 3.08. The zero-order valence-corrected chi connectivity index (χ0v) is 7.68. The molecule has 0 rings (SSSR count). The van der Waals surface area contributed by atoms with E-state index in [1.54, 1.807) is 0 Å². The van der Waals surface area contributed by atoms with Crippen LogP contribution in [0.2, 0.25) is 0 Å². The first kappa shape index (κ1) is 10.7. The highest BCUT2D eigenvalue weighted by molar-refractivity contribution is 4.66. The van der Waals surface area contributed by atoms with Gasteiger partial charge in [0.1, 0.15) is 0 Å². The van der Waals surface area contributed by atoms with Gasteiger partial charge in [0, 0.05) is 0 Å². The normalized spacial score (nSPS) is 12.9. The minimum Gasteiger partial charge on any atom is -0.330 e. The standard InChI is InChI=1S/C10H21N/c1-3-5-6-7-8-10(4-2)9-11/h3,10H,1,4-9,11H2,2H3. The molecule has 0 aromatic heterocycles. The fraction of sp³-hybridized carbons (Fsp3) is 0.800. The maximum absolute atomic E-state index is 5.58. The Balaban J connectivity index is 3.13. The zero-order valence-electron chi connectivity index (χ0n) is 7.68. The van der Waals surface area contributed by atoms with Crippen LogP contribution in [0.5, 0.6) is 0 Å². The van der Waals surface area contributed by atoms with Gasteiger partial charge in [-0.2, -0.15) is 0 Å². The number of hydrogen-bond acceptors (Lipinski definition) is 1. The van der Waals surface area contributed by atoms with Crippen LogP contribution in [0, 0.1) is 5.92 Å². The summed E-state index contributed by atoms with van der Waals surface area (Å²) in [5, 5.41) is 0. The van der Waals surface area contributed by atoms with Crippen LogP contribution in [0.25, 0.3) is 0 Å². The van der Waals surface area contributed by atoms with Gasteiger partial charge in [0.2, 0.25) is 0 Å². The molecule has 0 aromatic rings. The van der Waals surface area contributed by atoms with E-state index < -0.39 is 0 Å². The summed E-state index contributed by atoms with van der Waals surface area (Å²) in [4.78, 5) is 0. The van der Waals surface area contributed by atoms with Gasteiger partial charge in [-0.3, -0.25) is 0 Å². The first-order chi connectivity index (χ1) is 5.35. The van der Waals surface area contributed by atoms with Crippen molar-refractivity contribution in [3.63, 3.8) is 0 Å². The van der Waals surface area contributed by atoms with Crippen molar-refractivity contribution in [1.29, 1.82) is 0 Å². The van der Waals surface area contributed by atoms with Crippen molar-refractivity contribution in [3.05, 3.63) is 12.7 Å². The van der Waals surface area contributed by atoms with Gasteiger partial charge in [0.25, 0.3) is 0 Å². The molecule has 0 aliphatic rings. The fourth-order valence-electron chi connectivity index (χ4n) is 1.21.